The van der Waals surface area contributed by atoms with Gasteiger partial charge in [-0.2, -0.15) is 0 Å². The molecule has 19 heavy (non-hydrogen) atoms. The number of amides is 1. The molecule has 0 aliphatic carbocycles. The fourth-order valence-electron chi connectivity index (χ4n) is 2.29. The maximum Gasteiger partial charge on any atom is 0.254 e. The van der Waals surface area contributed by atoms with E-state index >= 15 is 0 Å². The Kier molecular flexibility index (Phi) is 5.04. The summed E-state index contributed by atoms with van der Waals surface area (Å²) in [6, 6.07) is -0.108. The highest BCUT2D eigenvalue weighted by atomic mass is 16.2. The van der Waals surface area contributed by atoms with Gasteiger partial charge in [0.05, 0.1) is 6.04 Å². The van der Waals surface area contributed by atoms with Crippen LogP contribution in [0.3, 0.4) is 0 Å². The van der Waals surface area contributed by atoms with Crippen LogP contribution in [0, 0.1) is 0 Å². The van der Waals surface area contributed by atoms with E-state index in [9.17, 15) is 9.59 Å². The van der Waals surface area contributed by atoms with Gasteiger partial charge >= 0.3 is 0 Å². The van der Waals surface area contributed by atoms with Crippen molar-refractivity contribution in [2.75, 3.05) is 6.54 Å². The molecule has 1 rings (SSSR count). The van der Waals surface area contributed by atoms with Crippen molar-refractivity contribution in [1.29, 1.82) is 0 Å². The molecule has 0 aromatic rings. The topological polar surface area (TPSA) is 37.4 Å². The first kappa shape index (κ1) is 15.2. The Hall–Kier alpha value is -1.90. The van der Waals surface area contributed by atoms with Gasteiger partial charge in [-0.1, -0.05) is 37.5 Å². The Balaban J connectivity index is 2.93. The number of rotatable bonds is 7. The molecule has 1 atom stereocenters. The summed E-state index contributed by atoms with van der Waals surface area (Å²) in [6.45, 7) is 15.3. The Morgan fingerprint density at radius 2 is 2.00 bits per heavy atom. The second-order valence-electron chi connectivity index (χ2n) is 4.88. The Bertz CT molecular complexity index is 471. The van der Waals surface area contributed by atoms with Crippen molar-refractivity contribution in [3.05, 3.63) is 48.6 Å². The quantitative estimate of drug-likeness (QED) is 0.659. The van der Waals surface area contributed by atoms with Crippen molar-refractivity contribution in [1.82, 2.24) is 4.90 Å². The summed E-state index contributed by atoms with van der Waals surface area (Å²) < 4.78 is 0. The van der Waals surface area contributed by atoms with Crippen LogP contribution < -0.4 is 0 Å². The molecular formula is C16H21NO2. The van der Waals surface area contributed by atoms with Gasteiger partial charge in [0.25, 0.3) is 5.91 Å². The van der Waals surface area contributed by atoms with Crippen LogP contribution in [-0.4, -0.2) is 29.2 Å². The van der Waals surface area contributed by atoms with Gasteiger partial charge in [0.2, 0.25) is 0 Å². The van der Waals surface area contributed by atoms with E-state index in [0.717, 1.165) is 11.1 Å². The molecule has 0 saturated carbocycles. The number of carbonyl (C=O) groups excluding carboxylic acids is 2. The third-order valence-corrected chi connectivity index (χ3v) is 3.34. The SMILES string of the molecule is C=CC1=C(C=C)C(=O)N(C(CCC(C)=O)C(=C)C)C1. The molecule has 0 saturated heterocycles. The van der Waals surface area contributed by atoms with Crippen LogP contribution in [-0.2, 0) is 9.59 Å². The molecule has 3 nitrogen and oxygen atoms in total. The molecule has 1 unspecified atom stereocenters. The second-order valence-corrected chi connectivity index (χ2v) is 4.88. The third-order valence-electron chi connectivity index (χ3n) is 3.34. The predicted octanol–water partition coefficient (Wildman–Crippen LogP) is 2.81. The van der Waals surface area contributed by atoms with Crippen molar-refractivity contribution < 1.29 is 9.59 Å². The third kappa shape index (κ3) is 3.31. The molecule has 1 aliphatic rings. The lowest BCUT2D eigenvalue weighted by molar-refractivity contribution is -0.127. The van der Waals surface area contributed by atoms with Crippen molar-refractivity contribution in [3.8, 4) is 0 Å². The number of hydrogen-bond acceptors (Lipinski definition) is 2. The Labute approximate surface area is 115 Å². The van der Waals surface area contributed by atoms with Crippen LogP contribution in [0.2, 0.25) is 0 Å². The fraction of sp³-hybridized carbons (Fsp3) is 0.375. The molecule has 1 heterocycles. The molecule has 1 aliphatic heterocycles. The van der Waals surface area contributed by atoms with Crippen LogP contribution >= 0.6 is 0 Å². The van der Waals surface area contributed by atoms with Gasteiger partial charge < -0.3 is 9.69 Å². The predicted molar refractivity (Wildman–Crippen MR) is 77.7 cm³/mol. The first-order chi connectivity index (χ1) is 8.92. The van der Waals surface area contributed by atoms with E-state index in [2.05, 4.69) is 19.7 Å². The van der Waals surface area contributed by atoms with Gasteiger partial charge in [0.15, 0.2) is 0 Å². The fourth-order valence-corrected chi connectivity index (χ4v) is 2.29. The smallest absolute Gasteiger partial charge is 0.254 e. The van der Waals surface area contributed by atoms with Crippen LogP contribution in [0.15, 0.2) is 48.6 Å². The molecule has 0 fully saturated rings. The summed E-state index contributed by atoms with van der Waals surface area (Å²) >= 11 is 0. The standard InChI is InChI=1S/C16H21NO2/c1-6-13-10-17(16(19)14(13)7-2)15(11(3)4)9-8-12(5)18/h6-7,15H,1-3,8-10H2,4-5H3. The molecule has 0 aromatic carbocycles. The van der Waals surface area contributed by atoms with E-state index in [1.807, 2.05) is 6.92 Å². The van der Waals surface area contributed by atoms with Crippen LogP contribution in [0.1, 0.15) is 26.7 Å². The number of Topliss-reactive ketones (excluding diaryl/α,β-unsaturated/α-hetero) is 1. The minimum atomic E-state index is -0.108. The zero-order chi connectivity index (χ0) is 14.6. The molecule has 0 radical (unpaired) electrons. The van der Waals surface area contributed by atoms with E-state index in [0.29, 0.717) is 25.0 Å². The molecular weight excluding hydrogens is 238 g/mol. The second kappa shape index (κ2) is 6.32. The molecule has 0 bridgehead atoms. The highest BCUT2D eigenvalue weighted by Crippen LogP contribution is 2.27. The van der Waals surface area contributed by atoms with Gasteiger partial charge in [-0.15, -0.1) is 0 Å². The number of ketones is 1. The summed E-state index contributed by atoms with van der Waals surface area (Å²) in [5, 5.41) is 0. The maximum atomic E-state index is 12.3. The van der Waals surface area contributed by atoms with E-state index in [1.165, 1.54) is 0 Å². The van der Waals surface area contributed by atoms with E-state index in [1.54, 1.807) is 24.0 Å². The van der Waals surface area contributed by atoms with Gasteiger partial charge in [0, 0.05) is 18.5 Å². The highest BCUT2D eigenvalue weighted by molar-refractivity contribution is 6.00. The average molecular weight is 259 g/mol. The summed E-state index contributed by atoms with van der Waals surface area (Å²) in [5.74, 6) is 0.0696. The molecule has 0 aromatic heterocycles. The van der Waals surface area contributed by atoms with Gasteiger partial charge in [0.1, 0.15) is 5.78 Å². The summed E-state index contributed by atoms with van der Waals surface area (Å²) in [7, 11) is 0. The molecule has 1 amide bonds. The lowest BCUT2D eigenvalue weighted by atomic mass is 10.0. The zero-order valence-corrected chi connectivity index (χ0v) is 11.7. The lowest BCUT2D eigenvalue weighted by Crippen LogP contribution is -2.38. The monoisotopic (exact) mass is 259 g/mol. The van der Waals surface area contributed by atoms with Crippen LogP contribution in [0.25, 0.3) is 0 Å². The number of nitrogens with zero attached hydrogens (tertiary/aromatic N) is 1. The van der Waals surface area contributed by atoms with Gasteiger partial charge in [-0.25, -0.2) is 0 Å². The van der Waals surface area contributed by atoms with Crippen molar-refractivity contribution in [3.63, 3.8) is 0 Å². The first-order valence-corrected chi connectivity index (χ1v) is 6.36. The molecule has 3 heteroatoms. The highest BCUT2D eigenvalue weighted by Gasteiger charge is 2.32. The molecule has 102 valence electrons. The summed E-state index contributed by atoms with van der Waals surface area (Å²) in [4.78, 5) is 25.2. The zero-order valence-electron chi connectivity index (χ0n) is 11.7. The summed E-state index contributed by atoms with van der Waals surface area (Å²) in [6.07, 6.45) is 4.33. The largest absolute Gasteiger partial charge is 0.328 e. The number of hydrogen-bond donors (Lipinski definition) is 0. The maximum absolute atomic E-state index is 12.3. The minimum absolute atomic E-state index is 0.0542. The lowest BCUT2D eigenvalue weighted by Gasteiger charge is -2.28. The normalized spacial score (nSPS) is 16.5. The van der Waals surface area contributed by atoms with Crippen LogP contribution in [0.5, 0.6) is 0 Å². The Morgan fingerprint density at radius 1 is 1.37 bits per heavy atom. The molecule has 0 N–H and O–H groups in total. The van der Waals surface area contributed by atoms with Gasteiger partial charge in [-0.3, -0.25) is 4.79 Å². The van der Waals surface area contributed by atoms with Gasteiger partial charge in [-0.05, 0) is 25.8 Å². The average Bonchev–Trinajstić information content (AvgIpc) is 2.65. The van der Waals surface area contributed by atoms with Crippen molar-refractivity contribution >= 4 is 11.7 Å². The van der Waals surface area contributed by atoms with E-state index in [-0.39, 0.29) is 17.7 Å². The van der Waals surface area contributed by atoms with Crippen LogP contribution in [0.4, 0.5) is 0 Å². The van der Waals surface area contributed by atoms with Crippen molar-refractivity contribution in [2.24, 2.45) is 0 Å². The first-order valence-electron chi connectivity index (χ1n) is 6.36. The Morgan fingerprint density at radius 3 is 2.37 bits per heavy atom. The molecule has 0 spiro atoms. The minimum Gasteiger partial charge on any atom is -0.328 e. The van der Waals surface area contributed by atoms with E-state index in [4.69, 9.17) is 0 Å². The summed E-state index contributed by atoms with van der Waals surface area (Å²) in [5.41, 5.74) is 2.38. The van der Waals surface area contributed by atoms with Crippen molar-refractivity contribution in [2.45, 2.75) is 32.7 Å². The van der Waals surface area contributed by atoms with E-state index < -0.39 is 0 Å². The number of carbonyl (C=O) groups is 2.